The van der Waals surface area contributed by atoms with E-state index in [-0.39, 0.29) is 0 Å². The maximum atomic E-state index is 2.44. The molecule has 1 rings (SSSR count). The Kier molecular flexibility index (Phi) is 2.90. The molecule has 0 aromatic carbocycles. The van der Waals surface area contributed by atoms with Gasteiger partial charge in [-0.05, 0) is 34.0 Å². The molecule has 1 saturated heterocycles. The lowest BCUT2D eigenvalue weighted by molar-refractivity contribution is 0.252. The van der Waals surface area contributed by atoms with E-state index in [1.54, 1.807) is 0 Å². The summed E-state index contributed by atoms with van der Waals surface area (Å²) in [5, 5.41) is 0. The Morgan fingerprint density at radius 2 is 2.18 bits per heavy atom. The molecule has 66 valence electrons. The summed E-state index contributed by atoms with van der Waals surface area (Å²) in [6.07, 6.45) is 1.33. The molecule has 0 radical (unpaired) electrons. The topological polar surface area (TPSA) is 6.48 Å². The van der Waals surface area contributed by atoms with Crippen LogP contribution in [0.15, 0.2) is 0 Å². The molecule has 11 heavy (non-hydrogen) atoms. The van der Waals surface area contributed by atoms with Gasteiger partial charge in [0.05, 0.1) is 0 Å². The number of likely N-dealkylation sites (tertiary alicyclic amines) is 1. The van der Waals surface area contributed by atoms with Gasteiger partial charge in [-0.25, -0.2) is 0 Å². The lowest BCUT2D eigenvalue weighted by Gasteiger charge is -2.21. The highest BCUT2D eigenvalue weighted by molar-refractivity contribution is 4.85. The molecule has 1 aliphatic heterocycles. The maximum Gasteiger partial charge on any atom is 0.0234 e. The minimum Gasteiger partial charge on any atom is -0.302 e. The predicted molar refractivity (Wildman–Crippen MR) is 48.8 cm³/mol. The molecule has 2 heteroatoms. The van der Waals surface area contributed by atoms with Crippen LogP contribution in [0, 0.1) is 0 Å². The van der Waals surface area contributed by atoms with E-state index in [9.17, 15) is 0 Å². The maximum absolute atomic E-state index is 2.44. The third kappa shape index (κ3) is 1.94. The molecule has 2 nitrogen and oxygen atoms in total. The van der Waals surface area contributed by atoms with Crippen LogP contribution in [0.5, 0.6) is 0 Å². The molecule has 0 unspecified atom stereocenters. The van der Waals surface area contributed by atoms with E-state index in [1.165, 1.54) is 19.5 Å². The third-order valence-corrected chi connectivity index (χ3v) is 2.99. The second-order valence-corrected chi connectivity index (χ2v) is 3.75. The van der Waals surface area contributed by atoms with Crippen molar-refractivity contribution in [1.82, 2.24) is 9.80 Å². The summed E-state index contributed by atoms with van der Waals surface area (Å²) < 4.78 is 0. The predicted octanol–water partition coefficient (Wildman–Crippen LogP) is 1.03. The molecular weight excluding hydrogens is 136 g/mol. The Balaban J connectivity index is 2.40. The van der Waals surface area contributed by atoms with Gasteiger partial charge < -0.3 is 9.80 Å². The number of nitrogens with zero attached hydrogens (tertiary/aromatic N) is 2. The SMILES string of the molecule is CCN(C)[C@@H]1C[C@H](C)N(C)C1. The highest BCUT2D eigenvalue weighted by atomic mass is 15.2. The lowest BCUT2D eigenvalue weighted by Crippen LogP contribution is -2.33. The molecule has 1 aliphatic rings. The molecule has 1 fully saturated rings. The molecule has 0 bridgehead atoms. The van der Waals surface area contributed by atoms with Crippen LogP contribution in [-0.2, 0) is 0 Å². The summed E-state index contributed by atoms with van der Waals surface area (Å²) in [6.45, 7) is 6.95. The van der Waals surface area contributed by atoms with Crippen molar-refractivity contribution in [2.24, 2.45) is 0 Å². The highest BCUT2D eigenvalue weighted by Crippen LogP contribution is 2.18. The molecule has 0 spiro atoms. The van der Waals surface area contributed by atoms with Crippen molar-refractivity contribution in [2.75, 3.05) is 27.2 Å². The van der Waals surface area contributed by atoms with Crippen molar-refractivity contribution >= 4 is 0 Å². The van der Waals surface area contributed by atoms with E-state index >= 15 is 0 Å². The lowest BCUT2D eigenvalue weighted by atomic mass is 10.2. The highest BCUT2D eigenvalue weighted by Gasteiger charge is 2.27. The molecule has 0 amide bonds. The Morgan fingerprint density at radius 1 is 1.55 bits per heavy atom. The fourth-order valence-corrected chi connectivity index (χ4v) is 1.74. The Hall–Kier alpha value is -0.0800. The van der Waals surface area contributed by atoms with Crippen molar-refractivity contribution in [3.8, 4) is 0 Å². The smallest absolute Gasteiger partial charge is 0.0234 e. The third-order valence-electron chi connectivity index (χ3n) is 2.99. The number of hydrogen-bond donors (Lipinski definition) is 0. The van der Waals surface area contributed by atoms with Crippen molar-refractivity contribution < 1.29 is 0 Å². The van der Waals surface area contributed by atoms with E-state index in [2.05, 4.69) is 37.7 Å². The van der Waals surface area contributed by atoms with E-state index in [1.807, 2.05) is 0 Å². The van der Waals surface area contributed by atoms with Crippen molar-refractivity contribution in [2.45, 2.75) is 32.4 Å². The standard InChI is InChI=1S/C9H20N2/c1-5-10(3)9-6-8(2)11(4)7-9/h8-9H,5-7H2,1-4H3/t8-,9+/m0/s1. The Bertz CT molecular complexity index is 115. The van der Waals surface area contributed by atoms with Gasteiger partial charge in [-0.2, -0.15) is 0 Å². The average Bonchev–Trinajstić information content (AvgIpc) is 2.31. The van der Waals surface area contributed by atoms with E-state index in [0.717, 1.165) is 12.1 Å². The summed E-state index contributed by atoms with van der Waals surface area (Å²) in [5.74, 6) is 0. The van der Waals surface area contributed by atoms with Crippen LogP contribution in [0.4, 0.5) is 0 Å². The zero-order chi connectivity index (χ0) is 8.43. The minimum absolute atomic E-state index is 0.772. The molecular formula is C9H20N2. The van der Waals surface area contributed by atoms with Crippen LogP contribution in [-0.4, -0.2) is 49.1 Å². The molecule has 0 saturated carbocycles. The average molecular weight is 156 g/mol. The fraction of sp³-hybridized carbons (Fsp3) is 1.00. The first-order valence-electron chi connectivity index (χ1n) is 4.55. The van der Waals surface area contributed by atoms with Gasteiger partial charge in [0.15, 0.2) is 0 Å². The van der Waals surface area contributed by atoms with Gasteiger partial charge in [-0.3, -0.25) is 0 Å². The second-order valence-electron chi connectivity index (χ2n) is 3.75. The summed E-state index contributed by atoms with van der Waals surface area (Å²) in [7, 11) is 4.44. The Labute approximate surface area is 70.2 Å². The first kappa shape index (κ1) is 9.01. The normalized spacial score (nSPS) is 33.5. The van der Waals surface area contributed by atoms with Crippen LogP contribution in [0.2, 0.25) is 0 Å². The summed E-state index contributed by atoms with van der Waals surface area (Å²) in [5.41, 5.74) is 0. The quantitative estimate of drug-likeness (QED) is 0.589. The first-order chi connectivity index (χ1) is 5.15. The largest absolute Gasteiger partial charge is 0.302 e. The van der Waals surface area contributed by atoms with Crippen LogP contribution < -0.4 is 0 Å². The van der Waals surface area contributed by atoms with Crippen LogP contribution in [0.3, 0.4) is 0 Å². The minimum atomic E-state index is 0.772. The molecule has 2 atom stereocenters. The van der Waals surface area contributed by atoms with Gasteiger partial charge in [0, 0.05) is 18.6 Å². The van der Waals surface area contributed by atoms with Crippen molar-refractivity contribution in [3.63, 3.8) is 0 Å². The number of likely N-dealkylation sites (N-methyl/N-ethyl adjacent to an activating group) is 2. The molecule has 1 heterocycles. The van der Waals surface area contributed by atoms with E-state index < -0.39 is 0 Å². The zero-order valence-corrected chi connectivity index (χ0v) is 8.17. The van der Waals surface area contributed by atoms with Gasteiger partial charge in [-0.1, -0.05) is 6.92 Å². The van der Waals surface area contributed by atoms with Crippen LogP contribution >= 0.6 is 0 Å². The van der Waals surface area contributed by atoms with Gasteiger partial charge in [-0.15, -0.1) is 0 Å². The fourth-order valence-electron chi connectivity index (χ4n) is 1.74. The van der Waals surface area contributed by atoms with Crippen molar-refractivity contribution in [3.05, 3.63) is 0 Å². The van der Waals surface area contributed by atoms with E-state index in [4.69, 9.17) is 0 Å². The summed E-state index contributed by atoms with van der Waals surface area (Å²) in [6, 6.07) is 1.56. The second kappa shape index (κ2) is 3.55. The Morgan fingerprint density at radius 3 is 2.55 bits per heavy atom. The van der Waals surface area contributed by atoms with E-state index in [0.29, 0.717) is 0 Å². The van der Waals surface area contributed by atoms with Gasteiger partial charge >= 0.3 is 0 Å². The molecule has 0 aliphatic carbocycles. The molecule has 0 aromatic heterocycles. The monoisotopic (exact) mass is 156 g/mol. The number of rotatable bonds is 2. The van der Waals surface area contributed by atoms with Crippen LogP contribution in [0.1, 0.15) is 20.3 Å². The molecule has 0 aromatic rings. The summed E-state index contributed by atoms with van der Waals surface area (Å²) in [4.78, 5) is 4.89. The molecule has 0 N–H and O–H groups in total. The van der Waals surface area contributed by atoms with Crippen LogP contribution in [0.25, 0.3) is 0 Å². The zero-order valence-electron chi connectivity index (χ0n) is 8.17. The number of hydrogen-bond acceptors (Lipinski definition) is 2. The summed E-state index contributed by atoms with van der Waals surface area (Å²) >= 11 is 0. The van der Waals surface area contributed by atoms with Crippen molar-refractivity contribution in [1.29, 1.82) is 0 Å². The van der Waals surface area contributed by atoms with Gasteiger partial charge in [0.25, 0.3) is 0 Å². The first-order valence-corrected chi connectivity index (χ1v) is 4.55. The van der Waals surface area contributed by atoms with Gasteiger partial charge in [0.1, 0.15) is 0 Å². The van der Waals surface area contributed by atoms with Gasteiger partial charge in [0.2, 0.25) is 0 Å².